The molecular weight excluding hydrogens is 190 g/mol. The highest BCUT2D eigenvalue weighted by molar-refractivity contribution is 7.99. The van der Waals surface area contributed by atoms with Crippen molar-refractivity contribution in [3.8, 4) is 0 Å². The first-order valence-corrected chi connectivity index (χ1v) is 7.37. The highest BCUT2D eigenvalue weighted by atomic mass is 32.2. The summed E-state index contributed by atoms with van der Waals surface area (Å²) in [6, 6.07) is 1.63. The van der Waals surface area contributed by atoms with Crippen LogP contribution in [0.4, 0.5) is 0 Å². The van der Waals surface area contributed by atoms with Gasteiger partial charge in [-0.3, -0.25) is 0 Å². The fourth-order valence-electron chi connectivity index (χ4n) is 2.31. The normalized spacial score (nSPS) is 30.2. The van der Waals surface area contributed by atoms with Gasteiger partial charge >= 0.3 is 0 Å². The van der Waals surface area contributed by atoms with E-state index in [4.69, 9.17) is 0 Å². The molecule has 0 spiro atoms. The van der Waals surface area contributed by atoms with E-state index >= 15 is 0 Å². The van der Waals surface area contributed by atoms with Gasteiger partial charge in [-0.05, 0) is 37.4 Å². The zero-order valence-electron chi connectivity index (χ0n) is 9.30. The molecule has 1 aliphatic carbocycles. The van der Waals surface area contributed by atoms with Gasteiger partial charge in [0.2, 0.25) is 0 Å². The van der Waals surface area contributed by atoms with Gasteiger partial charge in [0.1, 0.15) is 0 Å². The van der Waals surface area contributed by atoms with Crippen LogP contribution in [-0.4, -0.2) is 23.6 Å². The maximum Gasteiger partial charge on any atom is 0.0161 e. The Labute approximate surface area is 92.4 Å². The van der Waals surface area contributed by atoms with E-state index in [1.54, 1.807) is 0 Å². The van der Waals surface area contributed by atoms with Crippen LogP contribution < -0.4 is 5.32 Å². The molecule has 1 saturated carbocycles. The first kappa shape index (κ1) is 10.8. The molecule has 0 aromatic heterocycles. The van der Waals surface area contributed by atoms with Gasteiger partial charge in [-0.1, -0.05) is 19.8 Å². The number of thioether (sulfide) groups is 1. The molecule has 2 atom stereocenters. The lowest BCUT2D eigenvalue weighted by Crippen LogP contribution is -2.41. The van der Waals surface area contributed by atoms with Crippen molar-refractivity contribution in [3.63, 3.8) is 0 Å². The third kappa shape index (κ3) is 3.47. The third-order valence-electron chi connectivity index (χ3n) is 3.44. The van der Waals surface area contributed by atoms with Crippen LogP contribution in [0.2, 0.25) is 0 Å². The molecule has 2 fully saturated rings. The van der Waals surface area contributed by atoms with E-state index in [1.807, 2.05) is 0 Å². The molecule has 82 valence electrons. The maximum absolute atomic E-state index is 3.86. The average Bonchev–Trinajstić information content (AvgIpc) is 3.02. The second-order valence-corrected chi connectivity index (χ2v) is 6.01. The molecule has 0 aromatic carbocycles. The monoisotopic (exact) mass is 213 g/mol. The van der Waals surface area contributed by atoms with E-state index in [-0.39, 0.29) is 0 Å². The van der Waals surface area contributed by atoms with Crippen molar-refractivity contribution in [2.75, 3.05) is 11.5 Å². The lowest BCUT2D eigenvalue weighted by Gasteiger charge is -2.27. The quantitative estimate of drug-likeness (QED) is 0.753. The molecule has 0 amide bonds. The van der Waals surface area contributed by atoms with Crippen molar-refractivity contribution in [2.45, 2.75) is 57.5 Å². The minimum atomic E-state index is 0.811. The lowest BCUT2D eigenvalue weighted by atomic mass is 10.1. The van der Waals surface area contributed by atoms with E-state index in [2.05, 4.69) is 24.0 Å². The molecule has 0 radical (unpaired) electrons. The third-order valence-corrected chi connectivity index (χ3v) is 4.65. The Morgan fingerprint density at radius 2 is 2.21 bits per heavy atom. The van der Waals surface area contributed by atoms with E-state index < -0.39 is 0 Å². The van der Waals surface area contributed by atoms with Gasteiger partial charge in [-0.2, -0.15) is 11.8 Å². The van der Waals surface area contributed by atoms with Gasteiger partial charge in [0, 0.05) is 17.8 Å². The Morgan fingerprint density at radius 3 is 2.79 bits per heavy atom. The van der Waals surface area contributed by atoms with Crippen molar-refractivity contribution in [1.29, 1.82) is 0 Å². The van der Waals surface area contributed by atoms with Crippen LogP contribution in [0, 0.1) is 5.92 Å². The van der Waals surface area contributed by atoms with Crippen LogP contribution in [0.5, 0.6) is 0 Å². The fraction of sp³-hybridized carbons (Fsp3) is 1.00. The van der Waals surface area contributed by atoms with Crippen LogP contribution in [0.1, 0.15) is 45.4 Å². The Bertz CT molecular complexity index is 162. The molecule has 2 unspecified atom stereocenters. The first-order valence-electron chi connectivity index (χ1n) is 6.22. The summed E-state index contributed by atoms with van der Waals surface area (Å²) < 4.78 is 0. The summed E-state index contributed by atoms with van der Waals surface area (Å²) >= 11 is 2.13. The van der Waals surface area contributed by atoms with E-state index in [9.17, 15) is 0 Å². The van der Waals surface area contributed by atoms with Crippen LogP contribution in [-0.2, 0) is 0 Å². The largest absolute Gasteiger partial charge is 0.310 e. The molecule has 0 aromatic rings. The zero-order valence-corrected chi connectivity index (χ0v) is 10.1. The minimum absolute atomic E-state index is 0.811. The molecular formula is C12H23NS. The number of nitrogens with one attached hydrogen (secondary N) is 1. The van der Waals surface area contributed by atoms with E-state index in [0.717, 1.165) is 18.0 Å². The summed E-state index contributed by atoms with van der Waals surface area (Å²) in [7, 11) is 0. The molecule has 0 bridgehead atoms. The molecule has 2 aliphatic rings. The summed E-state index contributed by atoms with van der Waals surface area (Å²) in [6.07, 6.45) is 8.58. The highest BCUT2D eigenvalue weighted by Crippen LogP contribution is 2.34. The van der Waals surface area contributed by atoms with Crippen LogP contribution in [0.15, 0.2) is 0 Å². The Hall–Kier alpha value is 0.310. The van der Waals surface area contributed by atoms with Gasteiger partial charge in [0.15, 0.2) is 0 Å². The Morgan fingerprint density at radius 1 is 1.36 bits per heavy atom. The van der Waals surface area contributed by atoms with Crippen molar-refractivity contribution in [1.82, 2.24) is 5.32 Å². The standard InChI is InChI=1S/C12H23NS/c1-2-11(8-10-5-6-10)13-12-4-3-7-14-9-12/h10-13H,2-9H2,1H3. The molecule has 1 nitrogen and oxygen atoms in total. The first-order chi connectivity index (χ1) is 6.88. The Balaban J connectivity index is 1.68. The van der Waals surface area contributed by atoms with Gasteiger partial charge in [0.25, 0.3) is 0 Å². The van der Waals surface area contributed by atoms with Crippen LogP contribution in [0.25, 0.3) is 0 Å². The predicted molar refractivity (Wildman–Crippen MR) is 64.9 cm³/mol. The minimum Gasteiger partial charge on any atom is -0.310 e. The molecule has 1 aliphatic heterocycles. The highest BCUT2D eigenvalue weighted by Gasteiger charge is 2.26. The summed E-state index contributed by atoms with van der Waals surface area (Å²) in [5.41, 5.74) is 0. The van der Waals surface area contributed by atoms with Crippen molar-refractivity contribution >= 4 is 11.8 Å². The van der Waals surface area contributed by atoms with Crippen LogP contribution in [0.3, 0.4) is 0 Å². The van der Waals surface area contributed by atoms with Crippen LogP contribution >= 0.6 is 11.8 Å². The number of rotatable bonds is 5. The second-order valence-electron chi connectivity index (χ2n) is 4.86. The molecule has 1 heterocycles. The Kier molecular flexibility index (Phi) is 4.18. The van der Waals surface area contributed by atoms with Crippen molar-refractivity contribution in [3.05, 3.63) is 0 Å². The predicted octanol–water partition coefficient (Wildman–Crippen LogP) is 3.05. The van der Waals surface area contributed by atoms with Gasteiger partial charge in [-0.15, -0.1) is 0 Å². The lowest BCUT2D eigenvalue weighted by molar-refractivity contribution is 0.384. The summed E-state index contributed by atoms with van der Waals surface area (Å²) in [5, 5.41) is 3.86. The zero-order chi connectivity index (χ0) is 9.80. The maximum atomic E-state index is 3.86. The van der Waals surface area contributed by atoms with E-state index in [1.165, 1.54) is 50.0 Å². The van der Waals surface area contributed by atoms with Gasteiger partial charge < -0.3 is 5.32 Å². The summed E-state index contributed by atoms with van der Waals surface area (Å²) in [4.78, 5) is 0. The smallest absolute Gasteiger partial charge is 0.0161 e. The van der Waals surface area contributed by atoms with Crippen molar-refractivity contribution in [2.24, 2.45) is 5.92 Å². The van der Waals surface area contributed by atoms with Gasteiger partial charge in [0.05, 0.1) is 0 Å². The average molecular weight is 213 g/mol. The van der Waals surface area contributed by atoms with Crippen molar-refractivity contribution < 1.29 is 0 Å². The number of hydrogen-bond acceptors (Lipinski definition) is 2. The van der Waals surface area contributed by atoms with E-state index in [0.29, 0.717) is 0 Å². The van der Waals surface area contributed by atoms with Gasteiger partial charge in [-0.25, -0.2) is 0 Å². The summed E-state index contributed by atoms with van der Waals surface area (Å²) in [5.74, 6) is 3.81. The molecule has 2 rings (SSSR count). The number of hydrogen-bond donors (Lipinski definition) is 1. The molecule has 1 N–H and O–H groups in total. The molecule has 14 heavy (non-hydrogen) atoms. The topological polar surface area (TPSA) is 12.0 Å². The molecule has 2 heteroatoms. The molecule has 1 saturated heterocycles. The summed E-state index contributed by atoms with van der Waals surface area (Å²) in [6.45, 7) is 2.33. The SMILES string of the molecule is CCC(CC1CC1)NC1CCCSC1. The second kappa shape index (κ2) is 5.41. The fourth-order valence-corrected chi connectivity index (χ4v) is 3.40.